The number of benzene rings is 1. The van der Waals surface area contributed by atoms with Gasteiger partial charge in [-0.15, -0.1) is 0 Å². The van der Waals surface area contributed by atoms with Crippen molar-refractivity contribution in [2.45, 2.75) is 43.0 Å². The van der Waals surface area contributed by atoms with Gasteiger partial charge in [0.25, 0.3) is 0 Å². The van der Waals surface area contributed by atoms with Crippen LogP contribution in [0.2, 0.25) is 0 Å². The number of hydrogen-bond acceptors (Lipinski definition) is 4. The second-order valence-electron chi connectivity index (χ2n) is 5.35. The quantitative estimate of drug-likeness (QED) is 0.737. The highest BCUT2D eigenvalue weighted by Crippen LogP contribution is 2.33. The minimum atomic E-state index is -3.49. The molecule has 4 N–H and O–H groups in total. The monoisotopic (exact) mass is 283 g/mol. The minimum Gasteiger partial charge on any atom is -0.398 e. The molecular weight excluding hydrogens is 262 g/mol. The van der Waals surface area contributed by atoms with Gasteiger partial charge in [0, 0.05) is 11.2 Å². The first-order valence-corrected chi connectivity index (χ1v) is 7.96. The van der Waals surface area contributed by atoms with Gasteiger partial charge in [-0.25, -0.2) is 13.1 Å². The molecule has 0 unspecified atom stereocenters. The van der Waals surface area contributed by atoms with Gasteiger partial charge in [-0.1, -0.05) is 12.8 Å². The molecule has 1 aliphatic carbocycles. The number of rotatable bonds is 4. The van der Waals surface area contributed by atoms with E-state index < -0.39 is 10.0 Å². The lowest BCUT2D eigenvalue weighted by atomic mass is 10.0. The van der Waals surface area contributed by atoms with E-state index in [2.05, 4.69) is 17.0 Å². The lowest BCUT2D eigenvalue weighted by Gasteiger charge is -2.27. The van der Waals surface area contributed by atoms with Gasteiger partial charge in [-0.05, 0) is 45.0 Å². The molecule has 0 radical (unpaired) electrons. The van der Waals surface area contributed by atoms with Crippen molar-refractivity contribution < 1.29 is 8.42 Å². The average Bonchev–Trinajstić information content (AvgIpc) is 2.75. The zero-order valence-electron chi connectivity index (χ0n) is 11.4. The molecule has 0 saturated heterocycles. The third-order valence-electron chi connectivity index (χ3n) is 3.72. The van der Waals surface area contributed by atoms with Gasteiger partial charge in [-0.2, -0.15) is 0 Å². The molecule has 1 aromatic rings. The summed E-state index contributed by atoms with van der Waals surface area (Å²) >= 11 is 0. The highest BCUT2D eigenvalue weighted by Gasteiger charge is 2.28. The van der Waals surface area contributed by atoms with E-state index in [0.717, 1.165) is 18.5 Å². The topological polar surface area (TPSA) is 84.2 Å². The van der Waals surface area contributed by atoms with Crippen molar-refractivity contribution in [3.8, 4) is 0 Å². The minimum absolute atomic E-state index is 0.0931. The first-order valence-electron chi connectivity index (χ1n) is 6.48. The van der Waals surface area contributed by atoms with E-state index in [4.69, 9.17) is 5.73 Å². The van der Waals surface area contributed by atoms with Crippen LogP contribution in [0.25, 0.3) is 0 Å². The maximum Gasteiger partial charge on any atom is 0.242 e. The van der Waals surface area contributed by atoms with Gasteiger partial charge < -0.3 is 11.1 Å². The Balaban J connectivity index is 2.24. The molecule has 1 fully saturated rings. The van der Waals surface area contributed by atoms with Gasteiger partial charge in [0.2, 0.25) is 10.0 Å². The molecule has 2 rings (SSSR count). The van der Waals surface area contributed by atoms with Gasteiger partial charge >= 0.3 is 0 Å². The Bertz CT molecular complexity index is 563. The Morgan fingerprint density at radius 2 is 1.89 bits per heavy atom. The number of anilines is 2. The first kappa shape index (κ1) is 14.1. The second-order valence-corrected chi connectivity index (χ2v) is 7.21. The van der Waals surface area contributed by atoms with E-state index in [1.807, 2.05) is 0 Å². The van der Waals surface area contributed by atoms with Crippen LogP contribution in [0.5, 0.6) is 0 Å². The van der Waals surface area contributed by atoms with Crippen LogP contribution in [0.3, 0.4) is 0 Å². The van der Waals surface area contributed by atoms with E-state index in [0.29, 0.717) is 0 Å². The van der Waals surface area contributed by atoms with E-state index in [1.54, 1.807) is 18.2 Å². The number of nitrogen functional groups attached to an aromatic ring is 1. The summed E-state index contributed by atoms with van der Waals surface area (Å²) < 4.78 is 25.7. The SMILES string of the molecule is CNS(=O)(=O)c1ccc(NC2(C)CCCC2)cc1N. The Morgan fingerprint density at radius 3 is 2.42 bits per heavy atom. The molecule has 0 amide bonds. The molecule has 0 aliphatic heterocycles. The molecule has 19 heavy (non-hydrogen) atoms. The van der Waals surface area contributed by atoms with E-state index in [9.17, 15) is 8.42 Å². The van der Waals surface area contributed by atoms with E-state index >= 15 is 0 Å². The summed E-state index contributed by atoms with van der Waals surface area (Å²) in [5, 5.41) is 3.46. The lowest BCUT2D eigenvalue weighted by Crippen LogP contribution is -2.30. The van der Waals surface area contributed by atoms with Crippen LogP contribution < -0.4 is 15.8 Å². The van der Waals surface area contributed by atoms with Crippen LogP contribution in [0.4, 0.5) is 11.4 Å². The highest BCUT2D eigenvalue weighted by molar-refractivity contribution is 7.89. The largest absolute Gasteiger partial charge is 0.398 e. The van der Waals surface area contributed by atoms with E-state index in [-0.39, 0.29) is 16.1 Å². The fourth-order valence-corrected chi connectivity index (χ4v) is 3.45. The number of nitrogens with one attached hydrogen (secondary N) is 2. The molecule has 0 bridgehead atoms. The second kappa shape index (κ2) is 5.02. The van der Waals surface area contributed by atoms with Crippen molar-refractivity contribution in [1.82, 2.24) is 4.72 Å². The number of hydrogen-bond donors (Lipinski definition) is 3. The summed E-state index contributed by atoms with van der Waals surface area (Å²) in [6.07, 6.45) is 4.71. The van der Waals surface area contributed by atoms with Crippen LogP contribution >= 0.6 is 0 Å². The van der Waals surface area contributed by atoms with Crippen molar-refractivity contribution in [3.05, 3.63) is 18.2 Å². The Kier molecular flexibility index (Phi) is 3.73. The van der Waals surface area contributed by atoms with Crippen LogP contribution in [0.1, 0.15) is 32.6 Å². The first-order chi connectivity index (χ1) is 8.86. The van der Waals surface area contributed by atoms with Crippen molar-refractivity contribution >= 4 is 21.4 Å². The van der Waals surface area contributed by atoms with Crippen LogP contribution in [-0.2, 0) is 10.0 Å². The van der Waals surface area contributed by atoms with Crippen molar-refractivity contribution in [3.63, 3.8) is 0 Å². The molecule has 0 heterocycles. The van der Waals surface area contributed by atoms with Gasteiger partial charge in [0.05, 0.1) is 5.69 Å². The van der Waals surface area contributed by atoms with Gasteiger partial charge in [0.1, 0.15) is 4.90 Å². The zero-order chi connectivity index (χ0) is 14.1. The highest BCUT2D eigenvalue weighted by atomic mass is 32.2. The summed E-state index contributed by atoms with van der Waals surface area (Å²) in [6.45, 7) is 2.19. The molecule has 0 atom stereocenters. The van der Waals surface area contributed by atoms with Gasteiger partial charge in [0.15, 0.2) is 0 Å². The number of sulfonamides is 1. The van der Waals surface area contributed by atoms with Crippen molar-refractivity contribution in [2.75, 3.05) is 18.1 Å². The zero-order valence-corrected chi connectivity index (χ0v) is 12.2. The predicted molar refractivity (Wildman–Crippen MR) is 77.6 cm³/mol. The van der Waals surface area contributed by atoms with Crippen LogP contribution in [0, 0.1) is 0 Å². The lowest BCUT2D eigenvalue weighted by molar-refractivity contribution is 0.533. The summed E-state index contributed by atoms with van der Waals surface area (Å²) in [6, 6.07) is 5.00. The fraction of sp³-hybridized carbons (Fsp3) is 0.538. The summed E-state index contributed by atoms with van der Waals surface area (Å²) in [4.78, 5) is 0.122. The third kappa shape index (κ3) is 3.01. The van der Waals surface area contributed by atoms with Crippen LogP contribution in [0.15, 0.2) is 23.1 Å². The Hall–Kier alpha value is -1.27. The molecule has 106 valence electrons. The van der Waals surface area contributed by atoms with Crippen molar-refractivity contribution in [1.29, 1.82) is 0 Å². The predicted octanol–water partition coefficient (Wildman–Crippen LogP) is 1.92. The average molecular weight is 283 g/mol. The van der Waals surface area contributed by atoms with Crippen LogP contribution in [-0.4, -0.2) is 21.0 Å². The Labute approximate surface area is 114 Å². The molecule has 1 aromatic carbocycles. The summed E-state index contributed by atoms with van der Waals surface area (Å²) in [7, 11) is -2.12. The summed E-state index contributed by atoms with van der Waals surface area (Å²) in [5.41, 5.74) is 7.07. The Morgan fingerprint density at radius 1 is 1.26 bits per heavy atom. The van der Waals surface area contributed by atoms with E-state index in [1.165, 1.54) is 19.9 Å². The molecule has 5 nitrogen and oxygen atoms in total. The maximum absolute atomic E-state index is 11.7. The normalized spacial score (nSPS) is 18.4. The third-order valence-corrected chi connectivity index (χ3v) is 5.21. The fourth-order valence-electron chi connectivity index (χ4n) is 2.61. The maximum atomic E-state index is 11.7. The summed E-state index contributed by atoms with van der Waals surface area (Å²) in [5.74, 6) is 0. The molecule has 0 spiro atoms. The van der Waals surface area contributed by atoms with Crippen molar-refractivity contribution in [2.24, 2.45) is 0 Å². The molecular formula is C13H21N3O2S. The molecule has 0 aromatic heterocycles. The molecule has 6 heteroatoms. The van der Waals surface area contributed by atoms with Gasteiger partial charge in [-0.3, -0.25) is 0 Å². The number of nitrogens with two attached hydrogens (primary N) is 1. The smallest absolute Gasteiger partial charge is 0.242 e. The standard InChI is InChI=1S/C13H21N3O2S/c1-13(7-3-4-8-13)16-10-5-6-12(11(14)9-10)19(17,18)15-2/h5-6,9,15-16H,3-4,7-8,14H2,1-2H3. The molecule has 1 aliphatic rings. The molecule has 1 saturated carbocycles.